The Labute approximate surface area is 109 Å². The molecule has 2 amide bonds. The third-order valence-corrected chi connectivity index (χ3v) is 3.64. The van der Waals surface area contributed by atoms with Crippen LogP contribution in [0.3, 0.4) is 0 Å². The summed E-state index contributed by atoms with van der Waals surface area (Å²) in [7, 11) is 1.85. The fraction of sp³-hybridized carbons (Fsp3) is 0.533. The van der Waals surface area contributed by atoms with Gasteiger partial charge in [0.05, 0.1) is 0 Å². The van der Waals surface area contributed by atoms with Crippen LogP contribution in [0.25, 0.3) is 0 Å². The third kappa shape index (κ3) is 2.84. The van der Waals surface area contributed by atoms with E-state index in [1.807, 2.05) is 36.2 Å². The molecule has 0 N–H and O–H groups in total. The molecular formula is C15H22N2O. The number of aryl methyl sites for hydroxylation is 1. The van der Waals surface area contributed by atoms with E-state index in [-0.39, 0.29) is 6.03 Å². The van der Waals surface area contributed by atoms with Crippen molar-refractivity contribution in [3.05, 3.63) is 29.8 Å². The molecule has 1 saturated heterocycles. The van der Waals surface area contributed by atoms with Crippen LogP contribution in [0.2, 0.25) is 0 Å². The Kier molecular flexibility index (Phi) is 3.90. The summed E-state index contributed by atoms with van der Waals surface area (Å²) in [6.07, 6.45) is 2.35. The first-order valence-electron chi connectivity index (χ1n) is 6.67. The highest BCUT2D eigenvalue weighted by Crippen LogP contribution is 2.20. The van der Waals surface area contributed by atoms with Gasteiger partial charge in [-0.1, -0.05) is 24.6 Å². The van der Waals surface area contributed by atoms with Crippen LogP contribution < -0.4 is 4.90 Å². The molecule has 1 unspecified atom stereocenters. The van der Waals surface area contributed by atoms with E-state index in [0.29, 0.717) is 5.92 Å². The Bertz CT molecular complexity index is 413. The molecule has 0 aliphatic carbocycles. The van der Waals surface area contributed by atoms with E-state index >= 15 is 0 Å². The summed E-state index contributed by atoms with van der Waals surface area (Å²) >= 11 is 0. The van der Waals surface area contributed by atoms with Crippen molar-refractivity contribution in [3.63, 3.8) is 0 Å². The average Bonchev–Trinajstić information content (AvgIpc) is 2.38. The minimum absolute atomic E-state index is 0.116. The van der Waals surface area contributed by atoms with Crippen LogP contribution in [-0.2, 0) is 0 Å². The molecule has 0 saturated carbocycles. The molecule has 1 aliphatic rings. The largest absolute Gasteiger partial charge is 0.324 e. The van der Waals surface area contributed by atoms with Crippen LogP contribution in [0.4, 0.5) is 10.5 Å². The number of hydrogen-bond acceptors (Lipinski definition) is 1. The quantitative estimate of drug-likeness (QED) is 0.746. The highest BCUT2D eigenvalue weighted by Gasteiger charge is 2.23. The van der Waals surface area contributed by atoms with Crippen molar-refractivity contribution in [3.8, 4) is 0 Å². The molecule has 1 aromatic carbocycles. The Hall–Kier alpha value is -1.51. The lowest BCUT2D eigenvalue weighted by Crippen LogP contribution is -2.45. The molecule has 0 aromatic heterocycles. The molecule has 3 nitrogen and oxygen atoms in total. The number of benzene rings is 1. The first-order valence-corrected chi connectivity index (χ1v) is 6.67. The lowest BCUT2D eigenvalue weighted by Gasteiger charge is -2.34. The molecule has 98 valence electrons. The highest BCUT2D eigenvalue weighted by atomic mass is 16.2. The van der Waals surface area contributed by atoms with Crippen molar-refractivity contribution in [2.24, 2.45) is 5.92 Å². The van der Waals surface area contributed by atoms with Gasteiger partial charge in [-0.3, -0.25) is 4.90 Å². The van der Waals surface area contributed by atoms with E-state index in [1.165, 1.54) is 12.0 Å². The first kappa shape index (κ1) is 12.9. The first-order chi connectivity index (χ1) is 8.58. The lowest BCUT2D eigenvalue weighted by atomic mass is 10.0. The van der Waals surface area contributed by atoms with E-state index in [9.17, 15) is 4.79 Å². The summed E-state index contributed by atoms with van der Waals surface area (Å²) in [6.45, 7) is 6.04. The van der Waals surface area contributed by atoms with Crippen molar-refractivity contribution in [1.29, 1.82) is 0 Å². The van der Waals surface area contributed by atoms with E-state index < -0.39 is 0 Å². The number of carbonyl (C=O) groups is 1. The monoisotopic (exact) mass is 246 g/mol. The molecule has 1 atom stereocenters. The average molecular weight is 246 g/mol. The molecule has 3 heteroatoms. The van der Waals surface area contributed by atoms with Crippen LogP contribution in [-0.4, -0.2) is 31.1 Å². The van der Waals surface area contributed by atoms with Crippen molar-refractivity contribution in [1.82, 2.24) is 4.90 Å². The summed E-state index contributed by atoms with van der Waals surface area (Å²) < 4.78 is 0. The number of carbonyl (C=O) groups excluding carboxylic acids is 1. The van der Waals surface area contributed by atoms with Crippen molar-refractivity contribution >= 4 is 11.7 Å². The third-order valence-electron chi connectivity index (χ3n) is 3.64. The van der Waals surface area contributed by atoms with E-state index in [1.54, 1.807) is 4.90 Å². The predicted octanol–water partition coefficient (Wildman–Crippen LogP) is 3.28. The van der Waals surface area contributed by atoms with Gasteiger partial charge in [-0.15, -0.1) is 0 Å². The van der Waals surface area contributed by atoms with Crippen LogP contribution in [0.5, 0.6) is 0 Å². The zero-order valence-corrected chi connectivity index (χ0v) is 11.5. The standard InChI is InChI=1S/C15H22N2O/c1-12-6-8-14(9-7-12)16(3)15(18)17-10-4-5-13(2)11-17/h6-9,13H,4-5,10-11H2,1-3H3. The normalized spacial score (nSPS) is 19.7. The Morgan fingerprint density at radius 2 is 2.00 bits per heavy atom. The van der Waals surface area contributed by atoms with Crippen molar-refractivity contribution in [2.45, 2.75) is 26.7 Å². The number of piperidine rings is 1. The van der Waals surface area contributed by atoms with Gasteiger partial charge in [-0.2, -0.15) is 0 Å². The zero-order chi connectivity index (χ0) is 13.1. The van der Waals surface area contributed by atoms with Gasteiger partial charge in [-0.05, 0) is 37.8 Å². The van der Waals surface area contributed by atoms with Gasteiger partial charge in [0.2, 0.25) is 0 Å². The molecule has 1 fully saturated rings. The number of amides is 2. The summed E-state index contributed by atoms with van der Waals surface area (Å²) in [6, 6.07) is 8.20. The van der Waals surface area contributed by atoms with Crippen molar-refractivity contribution in [2.75, 3.05) is 25.0 Å². The summed E-state index contributed by atoms with van der Waals surface area (Å²) in [5, 5.41) is 0. The number of anilines is 1. The van der Waals surface area contributed by atoms with Crippen LogP contribution >= 0.6 is 0 Å². The molecule has 0 bridgehead atoms. The predicted molar refractivity (Wildman–Crippen MR) is 74.9 cm³/mol. The minimum atomic E-state index is 0.116. The molecule has 1 aromatic rings. The van der Waals surface area contributed by atoms with Gasteiger partial charge in [0.1, 0.15) is 0 Å². The van der Waals surface area contributed by atoms with E-state index in [2.05, 4.69) is 13.8 Å². The second kappa shape index (κ2) is 5.42. The topological polar surface area (TPSA) is 23.6 Å². The van der Waals surface area contributed by atoms with Gasteiger partial charge in [0, 0.05) is 25.8 Å². The molecule has 1 heterocycles. The number of hydrogen-bond donors (Lipinski definition) is 0. The molecular weight excluding hydrogens is 224 g/mol. The number of rotatable bonds is 1. The van der Waals surface area contributed by atoms with Crippen LogP contribution in [0.15, 0.2) is 24.3 Å². The molecule has 2 rings (SSSR count). The van der Waals surface area contributed by atoms with Crippen molar-refractivity contribution < 1.29 is 4.79 Å². The lowest BCUT2D eigenvalue weighted by molar-refractivity contribution is 0.177. The summed E-state index contributed by atoms with van der Waals surface area (Å²) in [5.41, 5.74) is 2.18. The van der Waals surface area contributed by atoms with Crippen LogP contribution in [0, 0.1) is 12.8 Å². The maximum atomic E-state index is 12.4. The van der Waals surface area contributed by atoms with E-state index in [4.69, 9.17) is 0 Å². The fourth-order valence-electron chi connectivity index (χ4n) is 2.45. The SMILES string of the molecule is Cc1ccc(N(C)C(=O)N2CCCC(C)C2)cc1. The zero-order valence-electron chi connectivity index (χ0n) is 11.5. The van der Waals surface area contributed by atoms with Gasteiger partial charge >= 0.3 is 6.03 Å². The number of nitrogens with zero attached hydrogens (tertiary/aromatic N) is 2. The number of urea groups is 1. The second-order valence-corrected chi connectivity index (χ2v) is 5.37. The molecule has 0 radical (unpaired) electrons. The molecule has 0 spiro atoms. The van der Waals surface area contributed by atoms with Gasteiger partial charge in [-0.25, -0.2) is 4.79 Å². The molecule has 18 heavy (non-hydrogen) atoms. The van der Waals surface area contributed by atoms with Gasteiger partial charge < -0.3 is 4.90 Å². The summed E-state index contributed by atoms with van der Waals surface area (Å²) in [5.74, 6) is 0.620. The van der Waals surface area contributed by atoms with Gasteiger partial charge in [0.25, 0.3) is 0 Å². The fourth-order valence-corrected chi connectivity index (χ4v) is 2.45. The second-order valence-electron chi connectivity index (χ2n) is 5.37. The summed E-state index contributed by atoms with van der Waals surface area (Å²) in [4.78, 5) is 16.1. The number of likely N-dealkylation sites (tertiary alicyclic amines) is 1. The van der Waals surface area contributed by atoms with E-state index in [0.717, 1.165) is 25.2 Å². The smallest absolute Gasteiger partial charge is 0.324 e. The minimum Gasteiger partial charge on any atom is -0.324 e. The Morgan fingerprint density at radius 1 is 1.33 bits per heavy atom. The van der Waals surface area contributed by atoms with Gasteiger partial charge in [0.15, 0.2) is 0 Å². The maximum absolute atomic E-state index is 12.4. The maximum Gasteiger partial charge on any atom is 0.324 e. The Balaban J connectivity index is 2.06. The molecule has 1 aliphatic heterocycles. The van der Waals surface area contributed by atoms with Crippen LogP contribution in [0.1, 0.15) is 25.3 Å². The highest BCUT2D eigenvalue weighted by molar-refractivity contribution is 5.91. The Morgan fingerprint density at radius 3 is 2.61 bits per heavy atom.